The lowest BCUT2D eigenvalue weighted by Gasteiger charge is -2.20. The van der Waals surface area contributed by atoms with E-state index in [1.807, 2.05) is 6.92 Å². The molecular formula is C9H15NO. The molecule has 11 heavy (non-hydrogen) atoms. The Morgan fingerprint density at radius 2 is 1.73 bits per heavy atom. The molecule has 2 bridgehead atoms. The Balaban J connectivity index is 2.09. The maximum absolute atomic E-state index is 11.4. The number of nitrogens with zero attached hydrogens (tertiary/aromatic N) is 1. The summed E-state index contributed by atoms with van der Waals surface area (Å²) in [5, 5.41) is 0. The molecule has 62 valence electrons. The third-order valence-corrected chi connectivity index (χ3v) is 3.04. The van der Waals surface area contributed by atoms with Crippen molar-refractivity contribution in [2.24, 2.45) is 0 Å². The van der Waals surface area contributed by atoms with Crippen LogP contribution < -0.4 is 0 Å². The van der Waals surface area contributed by atoms with E-state index in [9.17, 15) is 4.79 Å². The monoisotopic (exact) mass is 153 g/mol. The smallest absolute Gasteiger partial charge is 0.222 e. The molecule has 2 heterocycles. The summed E-state index contributed by atoms with van der Waals surface area (Å²) < 4.78 is 0. The molecular weight excluding hydrogens is 138 g/mol. The van der Waals surface area contributed by atoms with E-state index >= 15 is 0 Å². The van der Waals surface area contributed by atoms with Gasteiger partial charge in [0.2, 0.25) is 5.91 Å². The highest BCUT2D eigenvalue weighted by molar-refractivity contribution is 5.77. The van der Waals surface area contributed by atoms with Gasteiger partial charge in [0.1, 0.15) is 0 Å². The molecule has 0 aromatic carbocycles. The second-order valence-corrected chi connectivity index (χ2v) is 3.62. The van der Waals surface area contributed by atoms with Crippen molar-refractivity contribution in [3.63, 3.8) is 0 Å². The zero-order valence-electron chi connectivity index (χ0n) is 7.05. The lowest BCUT2D eigenvalue weighted by atomic mass is 10.0. The summed E-state index contributed by atoms with van der Waals surface area (Å²) in [6.07, 6.45) is 5.73. The predicted octanol–water partition coefficient (Wildman–Crippen LogP) is 1.55. The van der Waals surface area contributed by atoms with E-state index in [4.69, 9.17) is 0 Å². The van der Waals surface area contributed by atoms with E-state index in [1.54, 1.807) is 0 Å². The summed E-state index contributed by atoms with van der Waals surface area (Å²) in [5.74, 6) is 0.370. The molecule has 0 aliphatic carbocycles. The quantitative estimate of drug-likeness (QED) is 0.559. The number of carbonyl (C=O) groups is 1. The van der Waals surface area contributed by atoms with Gasteiger partial charge in [-0.1, -0.05) is 6.92 Å². The van der Waals surface area contributed by atoms with Crippen LogP contribution in [-0.2, 0) is 4.79 Å². The molecule has 0 atom stereocenters. The molecule has 2 nitrogen and oxygen atoms in total. The van der Waals surface area contributed by atoms with Crippen LogP contribution >= 0.6 is 0 Å². The predicted molar refractivity (Wildman–Crippen MR) is 43.2 cm³/mol. The molecule has 1 amide bonds. The van der Waals surface area contributed by atoms with E-state index in [1.165, 1.54) is 25.7 Å². The van der Waals surface area contributed by atoms with Gasteiger partial charge >= 0.3 is 0 Å². The van der Waals surface area contributed by atoms with Crippen molar-refractivity contribution in [2.45, 2.75) is 51.1 Å². The zero-order valence-corrected chi connectivity index (χ0v) is 7.05. The van der Waals surface area contributed by atoms with Crippen molar-refractivity contribution >= 4 is 5.91 Å². The van der Waals surface area contributed by atoms with Crippen LogP contribution in [0.25, 0.3) is 0 Å². The minimum Gasteiger partial charge on any atom is -0.337 e. The van der Waals surface area contributed by atoms with Crippen molar-refractivity contribution in [2.75, 3.05) is 0 Å². The molecule has 0 aromatic rings. The van der Waals surface area contributed by atoms with Crippen molar-refractivity contribution in [1.29, 1.82) is 0 Å². The Kier molecular flexibility index (Phi) is 1.63. The highest BCUT2D eigenvalue weighted by atomic mass is 16.2. The fraction of sp³-hybridized carbons (Fsp3) is 0.889. The molecule has 2 rings (SSSR count). The maximum Gasteiger partial charge on any atom is 0.222 e. The van der Waals surface area contributed by atoms with Crippen LogP contribution in [0, 0.1) is 0 Å². The molecule has 2 aliphatic heterocycles. The van der Waals surface area contributed by atoms with Crippen LogP contribution in [0.5, 0.6) is 0 Å². The van der Waals surface area contributed by atoms with Crippen LogP contribution in [-0.4, -0.2) is 22.9 Å². The van der Waals surface area contributed by atoms with Crippen LogP contribution in [0.15, 0.2) is 0 Å². The molecule has 0 spiro atoms. The first-order valence-electron chi connectivity index (χ1n) is 4.64. The van der Waals surface area contributed by atoms with Crippen molar-refractivity contribution < 1.29 is 4.79 Å². The molecule has 2 heteroatoms. The van der Waals surface area contributed by atoms with Crippen LogP contribution in [0.3, 0.4) is 0 Å². The van der Waals surface area contributed by atoms with E-state index in [2.05, 4.69) is 4.90 Å². The second-order valence-electron chi connectivity index (χ2n) is 3.62. The minimum atomic E-state index is 0.370. The Hall–Kier alpha value is -0.530. The zero-order chi connectivity index (χ0) is 7.84. The molecule has 0 radical (unpaired) electrons. The summed E-state index contributed by atoms with van der Waals surface area (Å²) in [5.41, 5.74) is 0. The van der Waals surface area contributed by atoms with Gasteiger partial charge in [-0.3, -0.25) is 4.79 Å². The van der Waals surface area contributed by atoms with E-state index < -0.39 is 0 Å². The number of fused-ring (bicyclic) bond motifs is 2. The number of carbonyl (C=O) groups excluding carboxylic acids is 1. The van der Waals surface area contributed by atoms with Crippen LogP contribution in [0.4, 0.5) is 0 Å². The summed E-state index contributed by atoms with van der Waals surface area (Å²) in [4.78, 5) is 13.5. The van der Waals surface area contributed by atoms with Crippen molar-refractivity contribution in [1.82, 2.24) is 4.90 Å². The highest BCUT2D eigenvalue weighted by Crippen LogP contribution is 2.37. The lowest BCUT2D eigenvalue weighted by Crippen LogP contribution is -2.34. The topological polar surface area (TPSA) is 20.3 Å². The van der Waals surface area contributed by atoms with Gasteiger partial charge in [-0.05, 0) is 25.7 Å². The molecule has 0 aromatic heterocycles. The average molecular weight is 153 g/mol. The Bertz CT molecular complexity index is 158. The van der Waals surface area contributed by atoms with Gasteiger partial charge in [0.25, 0.3) is 0 Å². The normalized spacial score (nSPS) is 34.8. The van der Waals surface area contributed by atoms with Gasteiger partial charge in [-0.15, -0.1) is 0 Å². The third kappa shape index (κ3) is 0.959. The average Bonchev–Trinajstić information content (AvgIpc) is 2.61. The van der Waals surface area contributed by atoms with Gasteiger partial charge in [-0.25, -0.2) is 0 Å². The van der Waals surface area contributed by atoms with E-state index in [0.29, 0.717) is 24.4 Å². The molecule has 2 saturated heterocycles. The van der Waals surface area contributed by atoms with Crippen molar-refractivity contribution in [3.8, 4) is 0 Å². The first-order chi connectivity index (χ1) is 5.33. The Labute approximate surface area is 67.6 Å². The lowest BCUT2D eigenvalue weighted by molar-refractivity contribution is -0.132. The second kappa shape index (κ2) is 2.50. The van der Waals surface area contributed by atoms with Gasteiger partial charge in [0.05, 0.1) is 0 Å². The fourth-order valence-electron chi connectivity index (χ4n) is 2.50. The van der Waals surface area contributed by atoms with Gasteiger partial charge < -0.3 is 4.90 Å². The van der Waals surface area contributed by atoms with Gasteiger partial charge in [-0.2, -0.15) is 0 Å². The maximum atomic E-state index is 11.4. The summed E-state index contributed by atoms with van der Waals surface area (Å²) in [6, 6.07) is 1.24. The fourth-order valence-corrected chi connectivity index (χ4v) is 2.50. The minimum absolute atomic E-state index is 0.370. The largest absolute Gasteiger partial charge is 0.337 e. The van der Waals surface area contributed by atoms with Crippen LogP contribution in [0.2, 0.25) is 0 Å². The SMILES string of the molecule is CCC(=O)N1C2CCC1CC2. The highest BCUT2D eigenvalue weighted by Gasteiger charge is 2.41. The number of amides is 1. The van der Waals surface area contributed by atoms with Gasteiger partial charge in [0, 0.05) is 18.5 Å². The van der Waals surface area contributed by atoms with Gasteiger partial charge in [0.15, 0.2) is 0 Å². The van der Waals surface area contributed by atoms with E-state index in [0.717, 1.165) is 0 Å². The van der Waals surface area contributed by atoms with Crippen LogP contribution in [0.1, 0.15) is 39.0 Å². The molecule has 0 saturated carbocycles. The summed E-state index contributed by atoms with van der Waals surface area (Å²) in [6.45, 7) is 1.96. The molecule has 0 unspecified atom stereocenters. The Morgan fingerprint density at radius 1 is 1.27 bits per heavy atom. The molecule has 2 fully saturated rings. The first kappa shape index (κ1) is 7.14. The standard InChI is InChI=1S/C9H15NO/c1-2-9(11)10-7-3-4-8(10)6-5-7/h7-8H,2-6H2,1H3. The summed E-state index contributed by atoms with van der Waals surface area (Å²) >= 11 is 0. The number of hydrogen-bond donors (Lipinski definition) is 0. The number of rotatable bonds is 1. The third-order valence-electron chi connectivity index (χ3n) is 3.04. The van der Waals surface area contributed by atoms with E-state index in [-0.39, 0.29) is 0 Å². The van der Waals surface area contributed by atoms with Crippen molar-refractivity contribution in [3.05, 3.63) is 0 Å². The molecule has 2 aliphatic rings. The molecule has 0 N–H and O–H groups in total. The Morgan fingerprint density at radius 3 is 2.09 bits per heavy atom. The number of hydrogen-bond acceptors (Lipinski definition) is 1. The summed E-state index contributed by atoms with van der Waals surface area (Å²) in [7, 11) is 0. The first-order valence-corrected chi connectivity index (χ1v) is 4.64.